The molecule has 3 atom stereocenters. The summed E-state index contributed by atoms with van der Waals surface area (Å²) in [5, 5.41) is 47.5. The molecule has 3 aromatic heterocycles. The van der Waals surface area contributed by atoms with Crippen molar-refractivity contribution in [3.05, 3.63) is 181 Å². The second-order valence-corrected chi connectivity index (χ2v) is 31.0. The quantitative estimate of drug-likeness (QED) is 0.0487. The summed E-state index contributed by atoms with van der Waals surface area (Å²) in [5.74, 6) is 3.31. The highest BCUT2D eigenvalue weighted by Gasteiger charge is 2.40. The lowest BCUT2D eigenvalue weighted by Crippen LogP contribution is -2.60. The van der Waals surface area contributed by atoms with Gasteiger partial charge in [0.05, 0.1) is 62.6 Å². The van der Waals surface area contributed by atoms with Gasteiger partial charge in [0.1, 0.15) is 47.4 Å². The maximum absolute atomic E-state index is 13.1. The zero-order chi connectivity index (χ0) is 82.0. The molecule has 4 N–H and O–H groups in total. The van der Waals surface area contributed by atoms with Crippen LogP contribution >= 0.6 is 0 Å². The number of likely N-dealkylation sites (tertiary alicyclic amines) is 1. The van der Waals surface area contributed by atoms with Crippen molar-refractivity contribution in [1.29, 1.82) is 0 Å². The third kappa shape index (κ3) is 18.3. The first-order valence-electron chi connectivity index (χ1n) is 40.9. The normalized spacial score (nSPS) is 18.1. The van der Waals surface area contributed by atoms with Gasteiger partial charge in [0.25, 0.3) is 0 Å². The van der Waals surface area contributed by atoms with Crippen molar-refractivity contribution in [1.82, 2.24) is 54.4 Å². The van der Waals surface area contributed by atoms with Crippen molar-refractivity contribution in [2.75, 3.05) is 175 Å². The molecule has 0 radical (unpaired) electrons. The molecule has 6 aromatic carbocycles. The predicted octanol–water partition coefficient (Wildman–Crippen LogP) is 9.31. The molecule has 9 aromatic rings. The Morgan fingerprint density at radius 1 is 0.470 bits per heavy atom. The Morgan fingerprint density at radius 3 is 1.28 bits per heavy atom. The smallest absolute Gasteiger partial charge is 0.318 e. The number of aromatic hydroxyl groups is 3. The van der Waals surface area contributed by atoms with Gasteiger partial charge in [-0.25, -0.2) is 0 Å². The fourth-order valence-corrected chi connectivity index (χ4v) is 17.0. The number of rotatable bonds is 21. The van der Waals surface area contributed by atoms with Gasteiger partial charge in [-0.2, -0.15) is 29.9 Å². The molecule has 10 heterocycles. The molecule has 0 spiro atoms. The van der Waals surface area contributed by atoms with Gasteiger partial charge in [-0.3, -0.25) is 24.1 Å². The summed E-state index contributed by atoms with van der Waals surface area (Å²) >= 11 is 0. The third-order valence-corrected chi connectivity index (χ3v) is 23.0. The summed E-state index contributed by atoms with van der Waals surface area (Å²) in [4.78, 5) is 101. The summed E-state index contributed by atoms with van der Waals surface area (Å²) in [5.41, 5.74) is 8.84. The van der Waals surface area contributed by atoms with Crippen LogP contribution in [0.3, 0.4) is 0 Å². The number of benzene rings is 6. The highest BCUT2D eigenvalue weighted by atomic mass is 16.5. The lowest BCUT2D eigenvalue weighted by Gasteiger charge is -2.42. The van der Waals surface area contributed by atoms with E-state index in [-0.39, 0.29) is 53.5 Å². The Morgan fingerprint density at radius 2 is 0.872 bits per heavy atom. The number of nitrogens with zero attached hydrogens (tertiary/aromatic N) is 17. The van der Waals surface area contributed by atoms with Crippen LogP contribution in [0.15, 0.2) is 147 Å². The molecule has 0 aliphatic carbocycles. The molecule has 117 heavy (non-hydrogen) atoms. The number of aliphatic hydroxyl groups excluding tert-OH is 1. The zero-order valence-corrected chi connectivity index (χ0v) is 67.7. The summed E-state index contributed by atoms with van der Waals surface area (Å²) < 4.78 is 18.0. The molecule has 16 rings (SSSR count). The second-order valence-electron chi connectivity index (χ2n) is 31.0. The number of aromatic nitrogens is 6. The van der Waals surface area contributed by atoms with Crippen molar-refractivity contribution < 1.29 is 53.8 Å². The molecule has 4 amide bonds. The number of phenols is 3. The van der Waals surface area contributed by atoms with Crippen molar-refractivity contribution in [2.45, 2.75) is 91.0 Å². The van der Waals surface area contributed by atoms with Gasteiger partial charge in [-0.15, -0.1) is 0 Å². The van der Waals surface area contributed by atoms with Crippen LogP contribution in [0.4, 0.5) is 34.5 Å². The number of hydrogen-bond donors (Lipinski definition) is 4. The van der Waals surface area contributed by atoms with E-state index in [9.17, 15) is 39.6 Å². The van der Waals surface area contributed by atoms with Crippen LogP contribution in [0, 0.1) is 5.92 Å². The summed E-state index contributed by atoms with van der Waals surface area (Å²) in [6, 6.07) is 35.1. The molecule has 3 unspecified atom stereocenters. The van der Waals surface area contributed by atoms with Crippen LogP contribution in [0.25, 0.3) is 32.3 Å². The van der Waals surface area contributed by atoms with Crippen LogP contribution in [0.2, 0.25) is 0 Å². The molecular weight excluding hydrogens is 1480 g/mol. The monoisotopic (exact) mass is 1590 g/mol. The molecular formula is C89H107N17O11. The molecule has 614 valence electrons. The topological polar surface area (TPSA) is 290 Å². The van der Waals surface area contributed by atoms with Crippen molar-refractivity contribution in [2.24, 2.45) is 5.92 Å². The van der Waals surface area contributed by atoms with Crippen molar-refractivity contribution >= 4 is 90.5 Å². The van der Waals surface area contributed by atoms with Gasteiger partial charge in [0.2, 0.25) is 23.6 Å². The van der Waals surface area contributed by atoms with Crippen LogP contribution < -0.4 is 43.6 Å². The van der Waals surface area contributed by atoms with Gasteiger partial charge >= 0.3 is 18.0 Å². The molecule has 0 bridgehead atoms. The molecule has 4 saturated heterocycles. The maximum atomic E-state index is 13.1. The Balaban J connectivity index is 0.000000145. The lowest BCUT2D eigenvalue weighted by atomic mass is 10.0. The maximum Gasteiger partial charge on any atom is 0.318 e. The van der Waals surface area contributed by atoms with E-state index in [0.717, 1.165) is 165 Å². The minimum atomic E-state index is -0.654. The molecule has 28 nitrogen and oxygen atoms in total. The Kier molecular flexibility index (Phi) is 25.7. The summed E-state index contributed by atoms with van der Waals surface area (Å²) in [7, 11) is 3.39. The third-order valence-electron chi connectivity index (χ3n) is 23.0. The minimum absolute atomic E-state index is 0.0291. The lowest BCUT2D eigenvalue weighted by molar-refractivity contribution is -0.142. The first-order valence-corrected chi connectivity index (χ1v) is 40.9. The Labute approximate surface area is 683 Å². The first kappa shape index (κ1) is 81.5. The highest BCUT2D eigenvalue weighted by Crippen LogP contribution is 2.42. The summed E-state index contributed by atoms with van der Waals surface area (Å²) in [6.45, 7) is 31.0. The average molecular weight is 1590 g/mol. The minimum Gasteiger partial charge on any atom is -0.508 e. The number of phenolic OH excluding ortho intramolecular Hbond substituents is 3. The van der Waals surface area contributed by atoms with Crippen LogP contribution in [0.1, 0.15) is 73.8 Å². The van der Waals surface area contributed by atoms with Crippen molar-refractivity contribution in [3.8, 4) is 35.3 Å². The van der Waals surface area contributed by atoms with Gasteiger partial charge < -0.3 is 83.6 Å². The molecule has 4 fully saturated rings. The largest absolute Gasteiger partial charge is 0.508 e. The van der Waals surface area contributed by atoms with Gasteiger partial charge in [-0.05, 0) is 104 Å². The number of likely N-dealkylation sites (N-methyl/N-ethyl adjacent to an activating group) is 1. The van der Waals surface area contributed by atoms with E-state index < -0.39 is 6.04 Å². The van der Waals surface area contributed by atoms with Crippen LogP contribution in [0.5, 0.6) is 35.3 Å². The van der Waals surface area contributed by atoms with E-state index in [1.54, 1.807) is 48.2 Å². The van der Waals surface area contributed by atoms with Gasteiger partial charge in [0.15, 0.2) is 0 Å². The summed E-state index contributed by atoms with van der Waals surface area (Å²) in [6.07, 6.45) is 9.01. The van der Waals surface area contributed by atoms with Crippen LogP contribution in [-0.2, 0) is 58.1 Å². The number of amides is 4. The van der Waals surface area contributed by atoms with E-state index >= 15 is 0 Å². The second kappa shape index (κ2) is 36.8. The fraction of sp³-hybridized carbons (Fsp3) is 0.416. The molecule has 0 saturated carbocycles. The van der Waals surface area contributed by atoms with Gasteiger partial charge in [-0.1, -0.05) is 113 Å². The molecule has 28 heteroatoms. The molecule has 7 aliphatic rings. The average Bonchev–Trinajstić information content (AvgIpc) is 1.23. The first-order chi connectivity index (χ1) is 56.8. The number of hydrogen-bond acceptors (Lipinski definition) is 24. The zero-order valence-electron chi connectivity index (χ0n) is 67.7. The molecule has 7 aliphatic heterocycles. The van der Waals surface area contributed by atoms with Gasteiger partial charge in [0, 0.05) is 180 Å². The van der Waals surface area contributed by atoms with E-state index in [2.05, 4.69) is 79.2 Å². The van der Waals surface area contributed by atoms with Crippen LogP contribution in [-0.4, -0.2) is 256 Å². The Hall–Kier alpha value is -12.0. The number of aliphatic hydroxyl groups is 1. The number of fused-ring (bicyclic) bond motifs is 6. The van der Waals surface area contributed by atoms with E-state index in [1.807, 2.05) is 85.5 Å². The fourth-order valence-electron chi connectivity index (χ4n) is 17.0. The Bertz CT molecular complexity index is 5160. The van der Waals surface area contributed by atoms with Crippen molar-refractivity contribution in [3.63, 3.8) is 0 Å². The number of anilines is 6. The van der Waals surface area contributed by atoms with E-state index in [1.165, 1.54) is 29.5 Å². The number of carbonyl (C=O) groups is 4. The SMILES string of the molecule is C=CC(=O)N1CCN(c2nc(OCCC)nc3c2CCN(c2cc(O)cc4ccccc24)C3)CC1C(=O)N(C)C.C=CC(=O)N1CCN(c2nc(OCCC)nc3c2CCN(c2cc(O)cc4ccccc24)C3)CC1CO.C=CC(=O)N1CCN(c2nc(OCCN3CCC(C)C3)nc3c2CCN(c2cc(O)cc4ccccc24)C3)CC1. The standard InChI is InChI=1S/C31H38N6O3.C30H36N6O4.C28H33N5O4/c1-3-29(39)35-12-14-36(15-13-35)30-26-9-11-37(28-19-24(38)18-23-6-4-5-7-25(23)28)21-27(26)32-31(33-30)40-17-16-34-10-8-22(2)20-34;1-5-15-40-30-31-24-18-34(25-17-21(37)16-20-9-7-8-10-22(20)25)12-11-23(24)28(32-30)35-13-14-36(27(38)6-2)26(19-35)29(39)33(3)4;1-3-13-37-28-29-24-17-31(25-15-21(35)14-19-7-5-6-8-22(19)25)10-9-23(24)27(30-28)32-11-12-33(26(36)4-2)20(16-32)18-34/h3-7,18-19,22,38H,1,8-17,20-21H2,2H3;6-10,16-17,26,37H,2,5,11-15,18-19H2,1,3-4H3;4-8,14-15,20,34-35H,2-3,9-13,16-18H2,1H3. The van der Waals surface area contributed by atoms with E-state index in [4.69, 9.17) is 44.1 Å². The number of carbonyl (C=O) groups excluding carboxylic acids is 4. The highest BCUT2D eigenvalue weighted by molar-refractivity contribution is 5.98. The predicted molar refractivity (Wildman–Crippen MR) is 455 cm³/mol. The number of piperazine rings is 3. The van der Waals surface area contributed by atoms with E-state index in [0.29, 0.717) is 136 Å². The number of ether oxygens (including phenoxy) is 3.